The third kappa shape index (κ3) is 4.57. The Morgan fingerprint density at radius 1 is 1.52 bits per heavy atom. The van der Waals surface area contributed by atoms with Gasteiger partial charge in [0.2, 0.25) is 5.91 Å². The topological polar surface area (TPSA) is 104 Å². The number of furan rings is 1. The van der Waals surface area contributed by atoms with Crippen LogP contribution in [0.4, 0.5) is 9.80 Å². The summed E-state index contributed by atoms with van der Waals surface area (Å²) in [6.45, 7) is 2.34. The monoisotopic (exact) mass is 385 g/mol. The van der Waals surface area contributed by atoms with E-state index < -0.39 is 6.09 Å². The summed E-state index contributed by atoms with van der Waals surface area (Å²) in [5.41, 5.74) is 2.21. The van der Waals surface area contributed by atoms with Crippen molar-refractivity contribution in [3.63, 3.8) is 0 Å². The number of carbonyl (C=O) groups excluding carboxylic acids is 2. The van der Waals surface area contributed by atoms with Crippen LogP contribution >= 0.6 is 11.3 Å². The number of carbonyl (C=O) groups is 2. The molecule has 2 aromatic heterocycles. The molecule has 2 heterocycles. The van der Waals surface area contributed by atoms with Gasteiger partial charge in [0.15, 0.2) is 0 Å². The van der Waals surface area contributed by atoms with Crippen molar-refractivity contribution in [2.24, 2.45) is 0 Å². The van der Waals surface area contributed by atoms with E-state index in [0.717, 1.165) is 16.0 Å². The Kier molecular flexibility index (Phi) is 5.94. The van der Waals surface area contributed by atoms with Crippen LogP contribution in [0.2, 0.25) is 0 Å². The lowest BCUT2D eigenvalue weighted by atomic mass is 9.94. The lowest BCUT2D eigenvalue weighted by Gasteiger charge is -2.22. The normalized spacial score (nSPS) is 15.8. The molecule has 0 spiro atoms. The molecular weight excluding hydrogens is 366 g/mol. The fourth-order valence-corrected chi connectivity index (χ4v) is 4.16. The van der Waals surface area contributed by atoms with Crippen LogP contribution in [0, 0.1) is 11.3 Å². The summed E-state index contributed by atoms with van der Waals surface area (Å²) in [7, 11) is 0. The molecule has 140 valence electrons. The number of thiophene rings is 1. The summed E-state index contributed by atoms with van der Waals surface area (Å²) in [5, 5.41) is 15.4. The van der Waals surface area contributed by atoms with Crippen molar-refractivity contribution >= 4 is 34.4 Å². The molecule has 1 aliphatic rings. The Labute approximate surface area is 160 Å². The highest BCUT2D eigenvalue weighted by molar-refractivity contribution is 7.16. The summed E-state index contributed by atoms with van der Waals surface area (Å²) >= 11 is 1.36. The van der Waals surface area contributed by atoms with E-state index >= 15 is 0 Å². The van der Waals surface area contributed by atoms with Gasteiger partial charge < -0.3 is 19.8 Å². The van der Waals surface area contributed by atoms with E-state index in [4.69, 9.17) is 9.15 Å². The molecule has 2 amide bonds. The Bertz CT molecular complexity index is 893. The molecule has 2 N–H and O–H groups in total. The van der Waals surface area contributed by atoms with Gasteiger partial charge in [0, 0.05) is 29.5 Å². The van der Waals surface area contributed by atoms with Crippen molar-refractivity contribution in [1.82, 2.24) is 5.32 Å². The number of ether oxygens (including phenoxy) is 1. The van der Waals surface area contributed by atoms with Gasteiger partial charge in [-0.2, -0.15) is 5.26 Å². The van der Waals surface area contributed by atoms with Gasteiger partial charge >= 0.3 is 6.09 Å². The van der Waals surface area contributed by atoms with Gasteiger partial charge in [0.1, 0.15) is 17.2 Å². The van der Waals surface area contributed by atoms with E-state index in [-0.39, 0.29) is 12.0 Å². The van der Waals surface area contributed by atoms with Crippen LogP contribution < -0.4 is 10.6 Å². The van der Waals surface area contributed by atoms with Gasteiger partial charge in [-0.3, -0.25) is 4.79 Å². The van der Waals surface area contributed by atoms with Crippen LogP contribution in [-0.4, -0.2) is 24.6 Å². The number of hydrogen-bond acceptors (Lipinski definition) is 6. The van der Waals surface area contributed by atoms with E-state index in [1.807, 2.05) is 6.92 Å². The average molecular weight is 385 g/mol. The lowest BCUT2D eigenvalue weighted by Crippen LogP contribution is -2.31. The standard InChI is InChI=1S/C19H19N3O4S/c1-2-21-19(24)26-13-4-5-14-15(10-20)18(27-16(14)9-13)22-17(23)6-3-12-7-8-25-11-12/h3,6-8,11,13H,2,4-5,9H2,1H3,(H,21,24)(H,22,23)/b6-3+. The zero-order valence-electron chi connectivity index (χ0n) is 14.8. The molecule has 0 radical (unpaired) electrons. The van der Waals surface area contributed by atoms with E-state index in [1.54, 1.807) is 12.1 Å². The van der Waals surface area contributed by atoms with Crippen molar-refractivity contribution in [2.75, 3.05) is 11.9 Å². The first kappa shape index (κ1) is 18.7. The molecule has 1 unspecified atom stereocenters. The van der Waals surface area contributed by atoms with Crippen LogP contribution in [0.1, 0.15) is 34.9 Å². The number of alkyl carbamates (subject to hydrolysis) is 1. The molecule has 0 bridgehead atoms. The molecule has 0 aromatic carbocycles. The molecule has 2 aromatic rings. The maximum Gasteiger partial charge on any atom is 0.407 e. The van der Waals surface area contributed by atoms with Crippen LogP contribution in [0.25, 0.3) is 6.08 Å². The van der Waals surface area contributed by atoms with Crippen molar-refractivity contribution < 1.29 is 18.7 Å². The fraction of sp³-hybridized carbons (Fsp3) is 0.316. The van der Waals surface area contributed by atoms with Crippen molar-refractivity contribution in [3.8, 4) is 6.07 Å². The number of anilines is 1. The molecule has 7 nitrogen and oxygen atoms in total. The number of nitriles is 1. The summed E-state index contributed by atoms with van der Waals surface area (Å²) in [5.74, 6) is -0.318. The Morgan fingerprint density at radius 3 is 3.07 bits per heavy atom. The summed E-state index contributed by atoms with van der Waals surface area (Å²) in [6.07, 6.45) is 7.27. The van der Waals surface area contributed by atoms with Crippen LogP contribution in [0.5, 0.6) is 0 Å². The number of fused-ring (bicyclic) bond motifs is 1. The molecule has 1 aliphatic carbocycles. The average Bonchev–Trinajstić information content (AvgIpc) is 3.26. The first-order valence-electron chi connectivity index (χ1n) is 8.61. The lowest BCUT2D eigenvalue weighted by molar-refractivity contribution is -0.111. The van der Waals surface area contributed by atoms with Gasteiger partial charge in [-0.1, -0.05) is 0 Å². The number of nitrogens with zero attached hydrogens (tertiary/aromatic N) is 1. The molecule has 0 aliphatic heterocycles. The molecule has 3 rings (SSSR count). The van der Waals surface area contributed by atoms with E-state index in [9.17, 15) is 14.9 Å². The highest BCUT2D eigenvalue weighted by atomic mass is 32.1. The van der Waals surface area contributed by atoms with Crippen molar-refractivity contribution in [1.29, 1.82) is 5.26 Å². The van der Waals surface area contributed by atoms with Gasteiger partial charge in [0.25, 0.3) is 0 Å². The number of rotatable bonds is 5. The Balaban J connectivity index is 1.69. The summed E-state index contributed by atoms with van der Waals surface area (Å²) in [6, 6.07) is 3.93. The third-order valence-electron chi connectivity index (χ3n) is 4.13. The second kappa shape index (κ2) is 8.56. The quantitative estimate of drug-likeness (QED) is 0.767. The minimum absolute atomic E-state index is 0.223. The largest absolute Gasteiger partial charge is 0.472 e. The molecular formula is C19H19N3O4S. The van der Waals surface area contributed by atoms with E-state index in [1.165, 1.54) is 29.9 Å². The smallest absolute Gasteiger partial charge is 0.407 e. The van der Waals surface area contributed by atoms with Gasteiger partial charge in [-0.25, -0.2) is 4.79 Å². The Morgan fingerprint density at radius 2 is 2.37 bits per heavy atom. The highest BCUT2D eigenvalue weighted by Gasteiger charge is 2.28. The maximum atomic E-state index is 12.2. The second-order valence-electron chi connectivity index (χ2n) is 6.00. The highest BCUT2D eigenvalue weighted by Crippen LogP contribution is 2.38. The minimum atomic E-state index is -0.430. The number of amides is 2. The van der Waals surface area contributed by atoms with Crippen LogP contribution in [0.15, 0.2) is 29.1 Å². The van der Waals surface area contributed by atoms with Gasteiger partial charge in [-0.05, 0) is 37.5 Å². The van der Waals surface area contributed by atoms with Crippen molar-refractivity contribution in [3.05, 3.63) is 46.2 Å². The summed E-state index contributed by atoms with van der Waals surface area (Å²) < 4.78 is 10.3. The molecule has 27 heavy (non-hydrogen) atoms. The first-order valence-corrected chi connectivity index (χ1v) is 9.42. The van der Waals surface area contributed by atoms with Gasteiger partial charge in [-0.15, -0.1) is 11.3 Å². The van der Waals surface area contributed by atoms with E-state index in [0.29, 0.717) is 36.4 Å². The SMILES string of the molecule is CCNC(=O)OC1CCc2c(sc(NC(=O)/C=C/c3ccoc3)c2C#N)C1. The third-order valence-corrected chi connectivity index (χ3v) is 5.30. The second-order valence-corrected chi connectivity index (χ2v) is 7.10. The fourth-order valence-electron chi connectivity index (χ4n) is 2.90. The first-order chi connectivity index (χ1) is 13.1. The Hall–Kier alpha value is -3.05. The van der Waals surface area contributed by atoms with Gasteiger partial charge in [0.05, 0.1) is 18.1 Å². The van der Waals surface area contributed by atoms with Crippen LogP contribution in [0.3, 0.4) is 0 Å². The minimum Gasteiger partial charge on any atom is -0.472 e. The van der Waals surface area contributed by atoms with Crippen LogP contribution in [-0.2, 0) is 22.4 Å². The zero-order valence-corrected chi connectivity index (χ0v) is 15.6. The van der Waals surface area contributed by atoms with E-state index in [2.05, 4.69) is 16.7 Å². The molecule has 0 fully saturated rings. The predicted octanol–water partition coefficient (Wildman–Crippen LogP) is 3.47. The molecule has 0 saturated carbocycles. The molecule has 1 atom stereocenters. The summed E-state index contributed by atoms with van der Waals surface area (Å²) in [4.78, 5) is 24.7. The maximum absolute atomic E-state index is 12.2. The van der Waals surface area contributed by atoms with Crippen molar-refractivity contribution in [2.45, 2.75) is 32.3 Å². The predicted molar refractivity (Wildman–Crippen MR) is 101 cm³/mol. The molecule has 8 heteroatoms. The zero-order chi connectivity index (χ0) is 19.2. The molecule has 0 saturated heterocycles. The number of hydrogen-bond donors (Lipinski definition) is 2. The number of nitrogens with one attached hydrogen (secondary N) is 2.